The molecule has 0 saturated heterocycles. The molecule has 3 aromatic carbocycles. The second-order valence-corrected chi connectivity index (χ2v) is 12.0. The van der Waals surface area contributed by atoms with Crippen LogP contribution >= 0.6 is 0 Å². The van der Waals surface area contributed by atoms with Crippen LogP contribution < -0.4 is 41.9 Å². The molecule has 0 fully saturated rings. The Kier molecular flexibility index (Phi) is 10.0. The summed E-state index contributed by atoms with van der Waals surface area (Å²) in [6.45, 7) is 2.38. The van der Waals surface area contributed by atoms with Crippen molar-refractivity contribution in [2.45, 2.75) is 18.7 Å². The van der Waals surface area contributed by atoms with Crippen LogP contribution in [-0.4, -0.2) is 59.0 Å². The summed E-state index contributed by atoms with van der Waals surface area (Å²) in [7, 11) is -6.35. The SMILES string of the molecule is COc1cc(C)ccc1N/N=c1/c(C(=O)O)cc(=O)/c(=N\Nc2cc(C)c(S(=O)(=O)CCOS(=O)(=O)O)cc2OC)c1=O. The van der Waals surface area contributed by atoms with Gasteiger partial charge in [-0.25, -0.2) is 17.4 Å². The maximum Gasteiger partial charge on any atom is 0.397 e. The normalized spacial score (nSPS) is 12.7. The molecule has 230 valence electrons. The summed E-state index contributed by atoms with van der Waals surface area (Å²) < 4.78 is 70.1. The quantitative estimate of drug-likeness (QED) is 0.152. The predicted octanol–water partition coefficient (Wildman–Crippen LogP) is 0.0635. The first-order valence-corrected chi connectivity index (χ1v) is 15.0. The number of hydrogen-bond donors (Lipinski definition) is 4. The Bertz CT molecular complexity index is 2020. The fraction of sp³-hybridized carbons (Fsp3) is 0.240. The van der Waals surface area contributed by atoms with Gasteiger partial charge in [0.1, 0.15) is 16.9 Å². The number of carboxylic acid groups (broad SMARTS) is 1. The highest BCUT2D eigenvalue weighted by Gasteiger charge is 2.22. The molecule has 0 aromatic heterocycles. The van der Waals surface area contributed by atoms with Gasteiger partial charge in [-0.3, -0.25) is 25.0 Å². The topological polar surface area (TPSA) is 236 Å². The molecule has 0 aliphatic heterocycles. The molecule has 0 saturated carbocycles. The van der Waals surface area contributed by atoms with Gasteiger partial charge in [-0.05, 0) is 43.2 Å². The van der Waals surface area contributed by atoms with Crippen LogP contribution in [0.3, 0.4) is 0 Å². The lowest BCUT2D eigenvalue weighted by atomic mass is 10.2. The van der Waals surface area contributed by atoms with E-state index in [2.05, 4.69) is 25.2 Å². The smallest absolute Gasteiger partial charge is 0.397 e. The summed E-state index contributed by atoms with van der Waals surface area (Å²) in [5.74, 6) is -2.11. The number of carboxylic acids is 1. The zero-order valence-electron chi connectivity index (χ0n) is 23.1. The van der Waals surface area contributed by atoms with E-state index in [0.29, 0.717) is 17.5 Å². The van der Waals surface area contributed by atoms with Crippen LogP contribution in [0.15, 0.2) is 61.1 Å². The molecular weight excluding hydrogens is 612 g/mol. The van der Waals surface area contributed by atoms with Crippen LogP contribution in [0.1, 0.15) is 21.5 Å². The second kappa shape index (κ2) is 13.1. The first-order valence-electron chi connectivity index (χ1n) is 12.0. The lowest BCUT2D eigenvalue weighted by Gasteiger charge is -2.13. The molecule has 43 heavy (non-hydrogen) atoms. The average Bonchev–Trinajstić information content (AvgIpc) is 2.91. The van der Waals surface area contributed by atoms with Crippen molar-refractivity contribution >= 4 is 37.6 Å². The lowest BCUT2D eigenvalue weighted by molar-refractivity contribution is 0.0694. The Labute approximate surface area is 244 Å². The molecule has 0 unspecified atom stereocenters. The molecule has 0 atom stereocenters. The van der Waals surface area contributed by atoms with Gasteiger partial charge < -0.3 is 14.6 Å². The van der Waals surface area contributed by atoms with E-state index < -0.39 is 65.7 Å². The van der Waals surface area contributed by atoms with Gasteiger partial charge in [0, 0.05) is 12.1 Å². The minimum absolute atomic E-state index is 0.0234. The van der Waals surface area contributed by atoms with Crippen LogP contribution in [0.5, 0.6) is 11.5 Å². The summed E-state index contributed by atoms with van der Waals surface area (Å²) in [5.41, 5.74) is 3.55. The summed E-state index contributed by atoms with van der Waals surface area (Å²) in [4.78, 5) is 37.4. The highest BCUT2D eigenvalue weighted by molar-refractivity contribution is 7.91. The van der Waals surface area contributed by atoms with Gasteiger partial charge in [0.15, 0.2) is 15.2 Å². The minimum Gasteiger partial charge on any atom is -0.495 e. The van der Waals surface area contributed by atoms with Crippen molar-refractivity contribution in [3.63, 3.8) is 0 Å². The molecule has 0 amide bonds. The third-order valence-corrected chi connectivity index (χ3v) is 8.05. The minimum atomic E-state index is -4.84. The second-order valence-electron chi connectivity index (χ2n) is 8.79. The van der Waals surface area contributed by atoms with Crippen molar-refractivity contribution < 1.29 is 44.9 Å². The lowest BCUT2D eigenvalue weighted by Crippen LogP contribution is -2.50. The third kappa shape index (κ3) is 8.01. The molecule has 4 N–H and O–H groups in total. The van der Waals surface area contributed by atoms with Gasteiger partial charge in [0.05, 0.1) is 48.4 Å². The van der Waals surface area contributed by atoms with E-state index in [-0.39, 0.29) is 21.9 Å². The Morgan fingerprint density at radius 1 is 0.884 bits per heavy atom. The zero-order chi connectivity index (χ0) is 32.1. The predicted molar refractivity (Wildman–Crippen MR) is 152 cm³/mol. The number of nitrogens with one attached hydrogen (secondary N) is 2. The van der Waals surface area contributed by atoms with Gasteiger partial charge in [-0.15, -0.1) is 0 Å². The molecule has 0 aliphatic carbocycles. The fourth-order valence-electron chi connectivity index (χ4n) is 3.74. The maximum atomic E-state index is 13.2. The van der Waals surface area contributed by atoms with Crippen molar-refractivity contribution in [1.29, 1.82) is 0 Å². The molecular formula is C25H26N4O12S2. The Balaban J connectivity index is 2.06. The number of rotatable bonds is 12. The molecule has 0 radical (unpaired) electrons. The zero-order valence-corrected chi connectivity index (χ0v) is 24.7. The van der Waals surface area contributed by atoms with E-state index in [0.717, 1.165) is 11.6 Å². The Hall–Kier alpha value is -4.65. The Morgan fingerprint density at radius 3 is 2.09 bits per heavy atom. The number of methoxy groups -OCH3 is 2. The summed E-state index contributed by atoms with van der Waals surface area (Å²) in [6, 6.07) is 8.05. The first kappa shape index (κ1) is 32.9. The number of nitrogens with zero attached hydrogens (tertiary/aromatic N) is 2. The molecule has 0 bridgehead atoms. The molecule has 0 aliphatic rings. The standard InChI is InChI=1S/C25H26N4O12S2/c1-13-5-6-16(19(9-13)39-3)26-28-22-15(25(32)33)11-18(30)23(24(22)31)29-27-17-10-14(2)21(12-20(17)40-4)42(34,35)8-7-41-43(36,37)38/h5-6,9-12,26-27H,7-8H2,1-4H3,(H,32,33)(H,36,37,38)/b28-22-,29-23+. The van der Waals surface area contributed by atoms with E-state index in [1.807, 2.05) is 6.92 Å². The van der Waals surface area contributed by atoms with E-state index in [1.165, 1.54) is 27.2 Å². The fourth-order valence-corrected chi connectivity index (χ4v) is 5.50. The number of ether oxygens (including phenoxy) is 2. The van der Waals surface area contributed by atoms with E-state index in [1.54, 1.807) is 18.2 Å². The van der Waals surface area contributed by atoms with Crippen LogP contribution in [0, 0.1) is 13.8 Å². The van der Waals surface area contributed by atoms with Crippen molar-refractivity contribution in [2.75, 3.05) is 37.4 Å². The highest BCUT2D eigenvalue weighted by Crippen LogP contribution is 2.31. The van der Waals surface area contributed by atoms with Crippen LogP contribution in [0.4, 0.5) is 11.4 Å². The molecule has 18 heteroatoms. The van der Waals surface area contributed by atoms with E-state index >= 15 is 0 Å². The molecule has 3 aromatic rings. The van der Waals surface area contributed by atoms with Gasteiger partial charge in [-0.2, -0.15) is 18.6 Å². The summed E-state index contributed by atoms with van der Waals surface area (Å²) in [5, 5.41) is 16.0. The van der Waals surface area contributed by atoms with E-state index in [4.69, 9.17) is 14.0 Å². The summed E-state index contributed by atoms with van der Waals surface area (Å²) >= 11 is 0. The highest BCUT2D eigenvalue weighted by atomic mass is 32.3. The third-order valence-electron chi connectivity index (χ3n) is 5.77. The molecule has 16 nitrogen and oxygen atoms in total. The Morgan fingerprint density at radius 2 is 1.49 bits per heavy atom. The number of benzene rings is 3. The number of sulfone groups is 1. The summed E-state index contributed by atoms with van der Waals surface area (Å²) in [6.07, 6.45) is 0. The largest absolute Gasteiger partial charge is 0.495 e. The van der Waals surface area contributed by atoms with Crippen molar-refractivity contribution in [3.05, 3.63) is 84.2 Å². The number of aryl methyl sites for hydroxylation is 2. The van der Waals surface area contributed by atoms with Gasteiger partial charge >= 0.3 is 16.4 Å². The van der Waals surface area contributed by atoms with Gasteiger partial charge in [0.2, 0.25) is 10.9 Å². The molecule has 0 heterocycles. The van der Waals surface area contributed by atoms with E-state index in [9.17, 15) is 36.3 Å². The van der Waals surface area contributed by atoms with Crippen molar-refractivity contribution in [1.82, 2.24) is 0 Å². The monoisotopic (exact) mass is 638 g/mol. The van der Waals surface area contributed by atoms with Crippen LogP contribution in [0.25, 0.3) is 0 Å². The maximum absolute atomic E-state index is 13.2. The van der Waals surface area contributed by atoms with Crippen molar-refractivity contribution in [3.8, 4) is 11.5 Å². The van der Waals surface area contributed by atoms with Gasteiger partial charge in [-0.1, -0.05) is 6.07 Å². The average molecular weight is 639 g/mol. The van der Waals surface area contributed by atoms with Crippen LogP contribution in [0.2, 0.25) is 0 Å². The number of aromatic carboxylic acids is 1. The molecule has 3 rings (SSSR count). The number of hydrogen-bond acceptors (Lipinski definition) is 14. The number of carbonyl (C=O) groups is 1. The van der Waals surface area contributed by atoms with Gasteiger partial charge in [0.25, 0.3) is 0 Å². The number of anilines is 2. The van der Waals surface area contributed by atoms with Crippen molar-refractivity contribution in [2.24, 2.45) is 10.2 Å². The van der Waals surface area contributed by atoms with Crippen LogP contribution in [-0.2, 0) is 24.4 Å². The first-order chi connectivity index (χ1) is 20.1. The molecule has 0 spiro atoms.